The monoisotopic (exact) mass is 342 g/mol. The van der Waals surface area contributed by atoms with E-state index in [4.69, 9.17) is 14.8 Å². The van der Waals surface area contributed by atoms with Crippen LogP contribution in [-0.4, -0.2) is 25.7 Å². The molecule has 0 bridgehead atoms. The Hall–Kier alpha value is -3.54. The zero-order valence-corrected chi connectivity index (χ0v) is 14.0. The van der Waals surface area contributed by atoms with E-state index in [0.717, 1.165) is 27.9 Å². The summed E-state index contributed by atoms with van der Waals surface area (Å²) >= 11 is 0. The molecule has 0 amide bonds. The Bertz CT molecular complexity index is 1150. The van der Waals surface area contributed by atoms with Crippen LogP contribution in [0.15, 0.2) is 54.9 Å². The van der Waals surface area contributed by atoms with E-state index in [1.165, 1.54) is 0 Å². The number of hydrogen-bond donors (Lipinski definition) is 0. The molecule has 0 radical (unpaired) electrons. The van der Waals surface area contributed by atoms with Crippen molar-refractivity contribution in [3.8, 4) is 16.8 Å². The lowest BCUT2D eigenvalue weighted by Crippen LogP contribution is -2.02. The fraction of sp³-hybridized carbons (Fsp3) is 0.100. The average molecular weight is 342 g/mol. The van der Waals surface area contributed by atoms with E-state index >= 15 is 0 Å². The van der Waals surface area contributed by atoms with E-state index in [1.807, 2.05) is 54.1 Å². The van der Waals surface area contributed by atoms with Crippen LogP contribution in [0, 0.1) is 6.92 Å². The van der Waals surface area contributed by atoms with Gasteiger partial charge in [-0.05, 0) is 25.1 Å². The summed E-state index contributed by atoms with van der Waals surface area (Å²) in [6.07, 6.45) is 3.46. The van der Waals surface area contributed by atoms with Gasteiger partial charge in [0, 0.05) is 23.5 Å². The number of nitrogens with zero attached hydrogens (tertiary/aromatic N) is 4. The smallest absolute Gasteiger partial charge is 0.341 e. The van der Waals surface area contributed by atoms with Crippen LogP contribution in [0.2, 0.25) is 0 Å². The first-order valence-electron chi connectivity index (χ1n) is 8.29. The molecule has 0 N–H and O–H groups in total. The Morgan fingerprint density at radius 2 is 1.92 bits per heavy atom. The highest BCUT2D eigenvalue weighted by molar-refractivity contribution is 6.09. The number of esters is 1. The van der Waals surface area contributed by atoms with Crippen LogP contribution in [0.4, 0.5) is 0 Å². The van der Waals surface area contributed by atoms with Crippen molar-refractivity contribution in [2.45, 2.75) is 13.5 Å². The van der Waals surface area contributed by atoms with E-state index in [9.17, 15) is 4.79 Å². The number of hydrogen-bond acceptors (Lipinski definition) is 5. The summed E-state index contributed by atoms with van der Waals surface area (Å²) in [5.74, 6) is -0.347. The second-order valence-electron chi connectivity index (χ2n) is 6.16. The standard InChI is InChI=1S/C20H14N4O2/c1-12-16-17(13-6-5-9-21-10-13)18-15(11-26-20(18)25)22-19(16)24(23-12)14-7-3-2-4-8-14/h2-10H,11H2,1H3. The summed E-state index contributed by atoms with van der Waals surface area (Å²) in [7, 11) is 0. The minimum absolute atomic E-state index is 0.177. The molecule has 0 saturated heterocycles. The lowest BCUT2D eigenvalue weighted by Gasteiger charge is -2.09. The number of carbonyl (C=O) groups excluding carboxylic acids is 1. The third-order valence-corrected chi connectivity index (χ3v) is 4.56. The first kappa shape index (κ1) is 14.8. The van der Waals surface area contributed by atoms with Gasteiger partial charge < -0.3 is 4.74 Å². The van der Waals surface area contributed by atoms with Crippen LogP contribution < -0.4 is 0 Å². The highest BCUT2D eigenvalue weighted by atomic mass is 16.5. The summed E-state index contributed by atoms with van der Waals surface area (Å²) in [5, 5.41) is 5.54. The Kier molecular flexibility index (Phi) is 3.12. The molecule has 5 rings (SSSR count). The van der Waals surface area contributed by atoms with Gasteiger partial charge >= 0.3 is 5.97 Å². The van der Waals surface area contributed by atoms with Gasteiger partial charge in [0.05, 0.1) is 28.0 Å². The van der Waals surface area contributed by atoms with Gasteiger partial charge in [-0.15, -0.1) is 0 Å². The highest BCUT2D eigenvalue weighted by Gasteiger charge is 2.31. The van der Waals surface area contributed by atoms with E-state index in [0.29, 0.717) is 16.9 Å². The molecular weight excluding hydrogens is 328 g/mol. The van der Waals surface area contributed by atoms with E-state index < -0.39 is 0 Å². The fourth-order valence-electron chi connectivity index (χ4n) is 3.44. The molecule has 0 unspecified atom stereocenters. The second-order valence-corrected chi connectivity index (χ2v) is 6.16. The van der Waals surface area contributed by atoms with Crippen LogP contribution in [0.25, 0.3) is 27.8 Å². The van der Waals surface area contributed by atoms with Gasteiger partial charge in [0.2, 0.25) is 0 Å². The average Bonchev–Trinajstić information content (AvgIpc) is 3.22. The van der Waals surface area contributed by atoms with Crippen molar-refractivity contribution in [1.82, 2.24) is 19.7 Å². The number of aryl methyl sites for hydroxylation is 1. The molecule has 4 aromatic rings. The van der Waals surface area contributed by atoms with E-state index in [1.54, 1.807) is 12.4 Å². The topological polar surface area (TPSA) is 69.9 Å². The normalized spacial score (nSPS) is 13.0. The van der Waals surface area contributed by atoms with E-state index in [2.05, 4.69) is 4.98 Å². The minimum Gasteiger partial charge on any atom is -0.455 e. The lowest BCUT2D eigenvalue weighted by molar-refractivity contribution is 0.0534. The molecule has 0 fully saturated rings. The fourth-order valence-corrected chi connectivity index (χ4v) is 3.44. The molecule has 0 spiro atoms. The Morgan fingerprint density at radius 3 is 2.69 bits per heavy atom. The Labute approximate surface area is 149 Å². The molecule has 1 aliphatic rings. The molecule has 6 nitrogen and oxygen atoms in total. The maximum Gasteiger partial charge on any atom is 0.341 e. The number of carbonyl (C=O) groups is 1. The zero-order valence-electron chi connectivity index (χ0n) is 14.0. The molecule has 0 aliphatic carbocycles. The predicted octanol–water partition coefficient (Wildman–Crippen LogP) is 3.46. The number of fused-ring (bicyclic) bond motifs is 2. The first-order chi connectivity index (χ1) is 12.7. The molecule has 0 atom stereocenters. The highest BCUT2D eigenvalue weighted by Crippen LogP contribution is 2.38. The summed E-state index contributed by atoms with van der Waals surface area (Å²) in [6.45, 7) is 2.10. The van der Waals surface area contributed by atoms with Gasteiger partial charge in [-0.25, -0.2) is 14.5 Å². The number of benzene rings is 1. The van der Waals surface area contributed by atoms with Crippen molar-refractivity contribution in [3.05, 3.63) is 71.8 Å². The van der Waals surface area contributed by atoms with Gasteiger partial charge in [-0.1, -0.05) is 24.3 Å². The van der Waals surface area contributed by atoms with Crippen molar-refractivity contribution in [3.63, 3.8) is 0 Å². The first-order valence-corrected chi connectivity index (χ1v) is 8.29. The van der Waals surface area contributed by atoms with Gasteiger partial charge in [-0.3, -0.25) is 4.98 Å². The van der Waals surface area contributed by atoms with Gasteiger partial charge in [-0.2, -0.15) is 5.10 Å². The van der Waals surface area contributed by atoms with E-state index in [-0.39, 0.29) is 12.6 Å². The van der Waals surface area contributed by atoms with Crippen LogP contribution >= 0.6 is 0 Å². The molecule has 0 saturated carbocycles. The van der Waals surface area contributed by atoms with Gasteiger partial charge in [0.15, 0.2) is 5.65 Å². The molecule has 4 heterocycles. The number of pyridine rings is 2. The van der Waals surface area contributed by atoms with Crippen LogP contribution in [0.3, 0.4) is 0 Å². The summed E-state index contributed by atoms with van der Waals surface area (Å²) in [5.41, 5.74) is 5.23. The van der Waals surface area contributed by atoms with Gasteiger partial charge in [0.1, 0.15) is 6.61 Å². The van der Waals surface area contributed by atoms with Crippen molar-refractivity contribution < 1.29 is 9.53 Å². The van der Waals surface area contributed by atoms with Gasteiger partial charge in [0.25, 0.3) is 0 Å². The number of ether oxygens (including phenoxy) is 1. The maximum atomic E-state index is 12.4. The van der Waals surface area contributed by atoms with Crippen LogP contribution in [-0.2, 0) is 11.3 Å². The Balaban J connectivity index is 1.92. The molecule has 1 aromatic carbocycles. The largest absolute Gasteiger partial charge is 0.455 e. The SMILES string of the molecule is Cc1nn(-c2ccccc2)c2nc3c(c(-c4cccnc4)c12)C(=O)OC3. The van der Waals surface area contributed by atoms with Crippen molar-refractivity contribution in [2.75, 3.05) is 0 Å². The molecule has 26 heavy (non-hydrogen) atoms. The molecule has 1 aliphatic heterocycles. The predicted molar refractivity (Wildman–Crippen MR) is 96.0 cm³/mol. The van der Waals surface area contributed by atoms with Crippen molar-refractivity contribution in [1.29, 1.82) is 0 Å². The maximum absolute atomic E-state index is 12.4. The number of aromatic nitrogens is 4. The van der Waals surface area contributed by atoms with Crippen LogP contribution in [0.5, 0.6) is 0 Å². The third kappa shape index (κ3) is 2.05. The van der Waals surface area contributed by atoms with Crippen molar-refractivity contribution in [2.24, 2.45) is 0 Å². The number of cyclic esters (lactones) is 1. The number of rotatable bonds is 2. The third-order valence-electron chi connectivity index (χ3n) is 4.56. The minimum atomic E-state index is -0.347. The Morgan fingerprint density at radius 1 is 1.08 bits per heavy atom. The van der Waals surface area contributed by atoms with Crippen LogP contribution in [0.1, 0.15) is 21.7 Å². The zero-order chi connectivity index (χ0) is 17.7. The van der Waals surface area contributed by atoms with Crippen molar-refractivity contribution >= 4 is 17.0 Å². The molecule has 3 aromatic heterocycles. The molecular formula is C20H14N4O2. The quantitative estimate of drug-likeness (QED) is 0.522. The summed E-state index contributed by atoms with van der Waals surface area (Å²) in [6, 6.07) is 13.6. The summed E-state index contributed by atoms with van der Waals surface area (Å²) < 4.78 is 7.07. The lowest BCUT2D eigenvalue weighted by atomic mass is 9.97. The molecule has 126 valence electrons. The number of para-hydroxylation sites is 1. The molecule has 6 heteroatoms. The summed E-state index contributed by atoms with van der Waals surface area (Å²) in [4.78, 5) is 21.3. The second kappa shape index (κ2) is 5.49.